The van der Waals surface area contributed by atoms with Crippen molar-refractivity contribution in [3.63, 3.8) is 0 Å². The molecule has 2 aromatic carbocycles. The molecule has 2 unspecified atom stereocenters. The highest BCUT2D eigenvalue weighted by Crippen LogP contribution is 2.41. The molecule has 0 fully saturated rings. The molecule has 0 aromatic heterocycles. The zero-order valence-corrected chi connectivity index (χ0v) is 17.2. The van der Waals surface area contributed by atoms with E-state index < -0.39 is 0 Å². The number of rotatable bonds is 6. The molecule has 28 heavy (non-hydrogen) atoms. The molecule has 0 amide bonds. The van der Waals surface area contributed by atoms with Gasteiger partial charge in [0.2, 0.25) is 0 Å². The van der Waals surface area contributed by atoms with Crippen LogP contribution in [0.25, 0.3) is 0 Å². The lowest BCUT2D eigenvalue weighted by atomic mass is 9.86. The Bertz CT molecular complexity index is 924. The lowest BCUT2D eigenvalue weighted by Crippen LogP contribution is -2.41. The van der Waals surface area contributed by atoms with E-state index >= 15 is 0 Å². The molecule has 0 bridgehead atoms. The molecule has 0 saturated carbocycles. The van der Waals surface area contributed by atoms with Gasteiger partial charge >= 0.3 is 0 Å². The van der Waals surface area contributed by atoms with Gasteiger partial charge in [-0.2, -0.15) is 4.59 Å². The van der Waals surface area contributed by atoms with Gasteiger partial charge in [0.15, 0.2) is 0 Å². The Hall–Kier alpha value is -2.30. The maximum absolute atomic E-state index is 6.25. The van der Waals surface area contributed by atoms with Gasteiger partial charge in [0.25, 0.3) is 0 Å². The minimum absolute atomic E-state index is 0.390. The third kappa shape index (κ3) is 3.54. The van der Waals surface area contributed by atoms with Crippen LogP contribution < -0.4 is 10.1 Å². The normalized spacial score (nSPS) is 23.2. The van der Waals surface area contributed by atoms with Crippen LogP contribution in [0, 0.1) is 0 Å². The van der Waals surface area contributed by atoms with Crippen LogP contribution in [-0.2, 0) is 13.0 Å². The first-order chi connectivity index (χ1) is 13.6. The molecule has 146 valence electrons. The van der Waals surface area contributed by atoms with E-state index in [0.717, 1.165) is 17.8 Å². The third-order valence-corrected chi connectivity index (χ3v) is 6.17. The van der Waals surface area contributed by atoms with Crippen molar-refractivity contribution in [3.05, 3.63) is 76.1 Å². The Morgan fingerprint density at radius 1 is 1.25 bits per heavy atom. The summed E-state index contributed by atoms with van der Waals surface area (Å²) in [5, 5.41) is 9.10. The number of nitrogens with zero attached hydrogens (tertiary/aromatic N) is 2. The summed E-state index contributed by atoms with van der Waals surface area (Å²) >= 11 is 6.25. The van der Waals surface area contributed by atoms with E-state index in [2.05, 4.69) is 42.7 Å². The highest BCUT2D eigenvalue weighted by Gasteiger charge is 2.41. The number of fused-ring (bicyclic) bond motifs is 1. The second-order valence-corrected chi connectivity index (χ2v) is 7.87. The summed E-state index contributed by atoms with van der Waals surface area (Å²) in [6, 6.07) is 15.1. The van der Waals surface area contributed by atoms with Crippen LogP contribution in [0.5, 0.6) is 5.75 Å². The quantitative estimate of drug-likeness (QED) is 0.681. The molecule has 1 aliphatic heterocycles. The first kappa shape index (κ1) is 19.0. The SMILES string of the molecule is CC[N+]1(C2CCCc3ccccc32)C=C(NCc2ccc(OC)c(Cl)c2)C=N1. The third-order valence-electron chi connectivity index (χ3n) is 5.87. The Kier molecular flexibility index (Phi) is 5.42. The van der Waals surface area contributed by atoms with Crippen LogP contribution in [-0.4, -0.2) is 24.5 Å². The number of ether oxygens (including phenoxy) is 1. The predicted octanol–water partition coefficient (Wildman–Crippen LogP) is 5.19. The second kappa shape index (κ2) is 7.98. The number of methoxy groups -OCH3 is 1. The standard InChI is InChI=1S/C23H27ClN3O/c1-3-27(22-10-6-8-18-7-4-5-9-20(18)22)16-19(15-26-27)25-14-17-11-12-23(28-2)21(24)13-17/h4-5,7,9,11-13,15-16,22,25H,3,6,8,10,14H2,1-2H3/q+1. The average Bonchev–Trinajstić information content (AvgIpc) is 3.16. The van der Waals surface area contributed by atoms with E-state index in [0.29, 0.717) is 28.0 Å². The van der Waals surface area contributed by atoms with E-state index in [1.165, 1.54) is 30.4 Å². The van der Waals surface area contributed by atoms with E-state index in [9.17, 15) is 0 Å². The van der Waals surface area contributed by atoms with Gasteiger partial charge in [0.1, 0.15) is 36.4 Å². The van der Waals surface area contributed by atoms with Crippen LogP contribution in [0.15, 0.2) is 59.5 Å². The van der Waals surface area contributed by atoms with Crippen LogP contribution in [0.4, 0.5) is 0 Å². The number of aryl methyl sites for hydroxylation is 1. The first-order valence-electron chi connectivity index (χ1n) is 9.95. The Labute approximate surface area is 172 Å². The molecular weight excluding hydrogens is 370 g/mol. The van der Waals surface area contributed by atoms with Gasteiger partial charge in [-0.05, 0) is 43.0 Å². The first-order valence-corrected chi connectivity index (χ1v) is 10.3. The van der Waals surface area contributed by atoms with Gasteiger partial charge in [-0.25, -0.2) is 0 Å². The van der Waals surface area contributed by atoms with Crippen molar-refractivity contribution in [2.45, 2.75) is 38.8 Å². The molecule has 2 atom stereocenters. The van der Waals surface area contributed by atoms with Crippen LogP contribution in [0.2, 0.25) is 5.02 Å². The van der Waals surface area contributed by atoms with Gasteiger partial charge in [0, 0.05) is 18.5 Å². The zero-order chi connectivity index (χ0) is 19.6. The average molecular weight is 397 g/mol. The number of quaternary nitrogens is 1. The van der Waals surface area contributed by atoms with Crippen molar-refractivity contribution in [1.82, 2.24) is 5.32 Å². The molecule has 0 radical (unpaired) electrons. The summed E-state index contributed by atoms with van der Waals surface area (Å²) < 4.78 is 5.87. The molecule has 1 heterocycles. The van der Waals surface area contributed by atoms with E-state index in [1.54, 1.807) is 7.11 Å². The minimum Gasteiger partial charge on any atom is -0.495 e. The Morgan fingerprint density at radius 2 is 2.11 bits per heavy atom. The Morgan fingerprint density at radius 3 is 2.89 bits per heavy atom. The van der Waals surface area contributed by atoms with Gasteiger partial charge in [-0.15, -0.1) is 0 Å². The summed E-state index contributed by atoms with van der Waals surface area (Å²) in [6.07, 6.45) is 7.81. The maximum atomic E-state index is 6.25. The van der Waals surface area contributed by atoms with Gasteiger partial charge in [0.05, 0.1) is 12.1 Å². The van der Waals surface area contributed by atoms with Crippen molar-refractivity contribution < 1.29 is 9.33 Å². The Balaban J connectivity index is 1.52. The number of benzene rings is 2. The second-order valence-electron chi connectivity index (χ2n) is 7.46. The molecule has 2 aliphatic rings. The molecule has 0 spiro atoms. The minimum atomic E-state index is 0.390. The molecule has 1 N–H and O–H groups in total. The smallest absolute Gasteiger partial charge is 0.148 e. The molecular formula is C23H27ClN3O+. The topological polar surface area (TPSA) is 33.6 Å². The fourth-order valence-electron chi connectivity index (χ4n) is 4.35. The summed E-state index contributed by atoms with van der Waals surface area (Å²) in [4.78, 5) is 0. The molecule has 4 nitrogen and oxygen atoms in total. The monoisotopic (exact) mass is 396 g/mol. The number of allylic oxidation sites excluding steroid dienone is 1. The fraction of sp³-hybridized carbons (Fsp3) is 0.348. The predicted molar refractivity (Wildman–Crippen MR) is 114 cm³/mol. The van der Waals surface area contributed by atoms with Crippen LogP contribution >= 0.6 is 11.6 Å². The number of halogens is 1. The molecule has 2 aromatic rings. The summed E-state index contributed by atoms with van der Waals surface area (Å²) in [7, 11) is 1.63. The zero-order valence-electron chi connectivity index (χ0n) is 16.5. The molecule has 4 rings (SSSR count). The molecule has 5 heteroatoms. The lowest BCUT2D eigenvalue weighted by molar-refractivity contribution is -0.914. The van der Waals surface area contributed by atoms with Crippen molar-refractivity contribution in [2.24, 2.45) is 5.10 Å². The van der Waals surface area contributed by atoms with Crippen LogP contribution in [0.1, 0.15) is 42.5 Å². The van der Waals surface area contributed by atoms with Crippen LogP contribution in [0.3, 0.4) is 0 Å². The largest absolute Gasteiger partial charge is 0.495 e. The van der Waals surface area contributed by atoms with Gasteiger partial charge in [-0.1, -0.05) is 47.0 Å². The van der Waals surface area contributed by atoms with E-state index in [-0.39, 0.29) is 0 Å². The molecule has 1 aliphatic carbocycles. The van der Waals surface area contributed by atoms with Gasteiger partial charge in [-0.3, -0.25) is 0 Å². The maximum Gasteiger partial charge on any atom is 0.148 e. The number of hydrogen-bond acceptors (Lipinski definition) is 3. The van der Waals surface area contributed by atoms with Crippen molar-refractivity contribution in [1.29, 1.82) is 0 Å². The highest BCUT2D eigenvalue weighted by atomic mass is 35.5. The van der Waals surface area contributed by atoms with Gasteiger partial charge < -0.3 is 10.1 Å². The highest BCUT2D eigenvalue weighted by molar-refractivity contribution is 6.32. The van der Waals surface area contributed by atoms with Crippen molar-refractivity contribution >= 4 is 17.8 Å². The van der Waals surface area contributed by atoms with Crippen molar-refractivity contribution in [2.75, 3.05) is 13.7 Å². The summed E-state index contributed by atoms with van der Waals surface area (Å²) in [5.74, 6) is 0.699. The van der Waals surface area contributed by atoms with E-state index in [4.69, 9.17) is 21.4 Å². The summed E-state index contributed by atoms with van der Waals surface area (Å²) in [5.41, 5.74) is 5.11. The lowest BCUT2D eigenvalue weighted by Gasteiger charge is -2.37. The fourth-order valence-corrected chi connectivity index (χ4v) is 4.63. The van der Waals surface area contributed by atoms with E-state index in [1.807, 2.05) is 24.4 Å². The number of hydrogen-bond donors (Lipinski definition) is 1. The van der Waals surface area contributed by atoms with Crippen molar-refractivity contribution in [3.8, 4) is 5.75 Å². The molecule has 0 saturated heterocycles. The number of nitrogens with one attached hydrogen (secondary N) is 1. The summed E-state index contributed by atoms with van der Waals surface area (Å²) in [6.45, 7) is 3.86.